The van der Waals surface area contributed by atoms with Crippen molar-refractivity contribution in [1.82, 2.24) is 9.97 Å². The Labute approximate surface area is 229 Å². The molecule has 0 spiro atoms. The molecule has 1 unspecified atom stereocenters. The van der Waals surface area contributed by atoms with Gasteiger partial charge in [0.2, 0.25) is 0 Å². The van der Waals surface area contributed by atoms with Crippen LogP contribution in [0, 0.1) is 29.6 Å². The third kappa shape index (κ3) is 6.49. The summed E-state index contributed by atoms with van der Waals surface area (Å²) in [7, 11) is 0. The van der Waals surface area contributed by atoms with Crippen LogP contribution in [0.5, 0.6) is 0 Å². The third-order valence-electron chi connectivity index (χ3n) is 5.81. The summed E-state index contributed by atoms with van der Waals surface area (Å²) in [6.07, 6.45) is 0.258. The molecular formula is C28H26N6O2S2. The molecule has 10 heteroatoms. The quantitative estimate of drug-likeness (QED) is 0.199. The van der Waals surface area contributed by atoms with Crippen molar-refractivity contribution in [2.24, 2.45) is 0 Å². The molecule has 0 aliphatic carbocycles. The highest BCUT2D eigenvalue weighted by Crippen LogP contribution is 2.37. The predicted molar refractivity (Wildman–Crippen MR) is 151 cm³/mol. The molecule has 0 aliphatic rings. The van der Waals surface area contributed by atoms with Crippen molar-refractivity contribution < 1.29 is 10.2 Å². The van der Waals surface area contributed by atoms with Crippen molar-refractivity contribution in [1.29, 1.82) is 10.5 Å². The van der Waals surface area contributed by atoms with Gasteiger partial charge in [0, 0.05) is 22.4 Å². The lowest BCUT2D eigenvalue weighted by atomic mass is 9.95. The Morgan fingerprint density at radius 1 is 1.11 bits per heavy atom. The molecule has 38 heavy (non-hydrogen) atoms. The summed E-state index contributed by atoms with van der Waals surface area (Å²) in [5.74, 6) is 0.545. The molecule has 0 saturated carbocycles. The van der Waals surface area contributed by atoms with Crippen molar-refractivity contribution in [3.63, 3.8) is 0 Å². The van der Waals surface area contributed by atoms with Gasteiger partial charge in [-0.3, -0.25) is 0 Å². The fourth-order valence-electron chi connectivity index (χ4n) is 3.87. The van der Waals surface area contributed by atoms with E-state index in [9.17, 15) is 15.6 Å². The molecule has 0 amide bonds. The van der Waals surface area contributed by atoms with Crippen LogP contribution in [0.2, 0.25) is 0 Å². The van der Waals surface area contributed by atoms with E-state index in [-0.39, 0.29) is 23.6 Å². The van der Waals surface area contributed by atoms with E-state index in [1.54, 1.807) is 0 Å². The zero-order valence-electron chi connectivity index (χ0n) is 20.7. The maximum Gasteiger partial charge on any atom is 0.187 e. The Morgan fingerprint density at radius 2 is 1.87 bits per heavy atom. The normalized spacial score (nSPS) is 11.5. The molecule has 2 aromatic carbocycles. The molecule has 0 aliphatic heterocycles. The van der Waals surface area contributed by atoms with Gasteiger partial charge in [-0.1, -0.05) is 48.2 Å². The summed E-state index contributed by atoms with van der Waals surface area (Å²) < 4.78 is 0. The monoisotopic (exact) mass is 542 g/mol. The molecule has 2 aromatic heterocycles. The van der Waals surface area contributed by atoms with E-state index in [4.69, 9.17) is 10.8 Å². The molecular weight excluding hydrogens is 516 g/mol. The van der Waals surface area contributed by atoms with Crippen molar-refractivity contribution in [2.45, 2.75) is 36.6 Å². The van der Waals surface area contributed by atoms with E-state index < -0.39 is 6.10 Å². The second-order valence-corrected chi connectivity index (χ2v) is 10.5. The number of nitrogens with two attached hydrogens (primary N) is 1. The number of nitriles is 2. The predicted octanol–water partition coefficient (Wildman–Crippen LogP) is 5.16. The molecule has 0 radical (unpaired) electrons. The first-order valence-electron chi connectivity index (χ1n) is 11.8. The third-order valence-corrected chi connectivity index (χ3v) is 7.63. The van der Waals surface area contributed by atoms with Crippen LogP contribution in [0.25, 0.3) is 11.1 Å². The van der Waals surface area contributed by atoms with Crippen LogP contribution in [-0.2, 0) is 12.2 Å². The van der Waals surface area contributed by atoms with Gasteiger partial charge < -0.3 is 21.3 Å². The van der Waals surface area contributed by atoms with Crippen LogP contribution < -0.4 is 11.1 Å². The number of hydrogen-bond donors (Lipinski definition) is 4. The molecule has 4 rings (SSSR count). The number of hydrogen-bond acceptors (Lipinski definition) is 10. The largest absolute Gasteiger partial charge is 0.394 e. The van der Waals surface area contributed by atoms with Crippen LogP contribution in [0.3, 0.4) is 0 Å². The Hall–Kier alpha value is -3.93. The van der Waals surface area contributed by atoms with Gasteiger partial charge in [-0.25, -0.2) is 9.97 Å². The maximum absolute atomic E-state index is 10.1. The molecule has 4 aromatic rings. The molecule has 5 N–H and O–H groups in total. The van der Waals surface area contributed by atoms with Gasteiger partial charge in [0.05, 0.1) is 24.0 Å². The Balaban J connectivity index is 1.56. The lowest BCUT2D eigenvalue weighted by molar-refractivity contribution is 0.0886. The van der Waals surface area contributed by atoms with E-state index >= 15 is 0 Å². The number of rotatable bonds is 10. The summed E-state index contributed by atoms with van der Waals surface area (Å²) in [5.41, 5.74) is 11.7. The molecule has 0 bridgehead atoms. The van der Waals surface area contributed by atoms with Crippen LogP contribution in [0.15, 0.2) is 58.9 Å². The van der Waals surface area contributed by atoms with E-state index in [1.807, 2.05) is 60.8 Å². The molecule has 192 valence electrons. The van der Waals surface area contributed by atoms with Crippen LogP contribution >= 0.6 is 23.1 Å². The number of aliphatic hydroxyl groups is 2. The minimum atomic E-state index is -0.767. The van der Waals surface area contributed by atoms with Gasteiger partial charge in [-0.15, -0.1) is 11.3 Å². The molecule has 1 atom stereocenters. The van der Waals surface area contributed by atoms with Gasteiger partial charge in [0.25, 0.3) is 0 Å². The Kier molecular flexibility index (Phi) is 8.95. The number of thiazole rings is 1. The number of aryl methyl sites for hydroxylation is 2. The van der Waals surface area contributed by atoms with Crippen LogP contribution in [0.4, 0.5) is 16.6 Å². The smallest absolute Gasteiger partial charge is 0.187 e. The van der Waals surface area contributed by atoms with E-state index in [1.165, 1.54) is 23.1 Å². The van der Waals surface area contributed by atoms with Crippen LogP contribution in [0.1, 0.15) is 34.4 Å². The van der Waals surface area contributed by atoms with Gasteiger partial charge in [-0.05, 0) is 48.6 Å². The van der Waals surface area contributed by atoms with E-state index in [2.05, 4.69) is 27.4 Å². The molecule has 0 fully saturated rings. The summed E-state index contributed by atoms with van der Waals surface area (Å²) in [6, 6.07) is 19.8. The Bertz CT molecular complexity index is 1510. The first-order valence-corrected chi connectivity index (χ1v) is 13.7. The average Bonchev–Trinajstić information content (AvgIpc) is 3.37. The highest BCUT2D eigenvalue weighted by Gasteiger charge is 2.21. The lowest BCUT2D eigenvalue weighted by Gasteiger charge is -2.13. The molecule has 0 saturated heterocycles. The fourth-order valence-corrected chi connectivity index (χ4v) is 5.60. The number of pyridine rings is 1. The Morgan fingerprint density at radius 3 is 2.55 bits per heavy atom. The summed E-state index contributed by atoms with van der Waals surface area (Å²) in [4.78, 5) is 9.03. The summed E-state index contributed by atoms with van der Waals surface area (Å²) >= 11 is 2.84. The second-order valence-electron chi connectivity index (χ2n) is 8.65. The topological polar surface area (TPSA) is 152 Å². The van der Waals surface area contributed by atoms with E-state index in [0.717, 1.165) is 27.6 Å². The first-order chi connectivity index (χ1) is 18.4. The van der Waals surface area contributed by atoms with Gasteiger partial charge >= 0.3 is 0 Å². The minimum absolute atomic E-state index is 0.0687. The zero-order valence-corrected chi connectivity index (χ0v) is 22.3. The van der Waals surface area contributed by atoms with Crippen molar-refractivity contribution in [3.05, 3.63) is 81.9 Å². The SMILES string of the molecule is Cc1cccc(Nc2nc(CSc3nc(N)c(C#N)c(-c4ccc(CCC(O)CO)cc4)c3C#N)cs2)c1. The van der Waals surface area contributed by atoms with Crippen LogP contribution in [-0.4, -0.2) is 32.9 Å². The lowest BCUT2D eigenvalue weighted by Crippen LogP contribution is -2.12. The summed E-state index contributed by atoms with van der Waals surface area (Å²) in [6.45, 7) is 1.75. The molecule has 8 nitrogen and oxygen atoms in total. The number of benzene rings is 2. The van der Waals surface area contributed by atoms with Gasteiger partial charge in [0.15, 0.2) is 5.13 Å². The highest BCUT2D eigenvalue weighted by atomic mass is 32.2. The average molecular weight is 543 g/mol. The number of aliphatic hydroxyl groups excluding tert-OH is 2. The van der Waals surface area contributed by atoms with Gasteiger partial charge in [0.1, 0.15) is 28.5 Å². The summed E-state index contributed by atoms with van der Waals surface area (Å²) in [5, 5.41) is 45.0. The van der Waals surface area contributed by atoms with Gasteiger partial charge in [-0.2, -0.15) is 10.5 Å². The zero-order chi connectivity index (χ0) is 27.1. The highest BCUT2D eigenvalue weighted by molar-refractivity contribution is 7.98. The maximum atomic E-state index is 10.1. The number of aromatic nitrogens is 2. The first kappa shape index (κ1) is 27.1. The number of nitrogens with one attached hydrogen (secondary N) is 1. The van der Waals surface area contributed by atoms with E-state index in [0.29, 0.717) is 34.7 Å². The second kappa shape index (κ2) is 12.5. The van der Waals surface area contributed by atoms with Crippen molar-refractivity contribution >= 4 is 39.7 Å². The standard InChI is InChI=1S/C28H26N6O2S2/c1-17-3-2-4-20(11-17)32-28-33-21(16-38-28)15-37-27-24(13-30)25(23(12-29)26(31)34-27)19-8-5-18(6-9-19)7-10-22(36)14-35/h2-6,8-9,11,16,22,35-36H,7,10,14-15H2,1H3,(H2,31,34)(H,32,33). The number of nitrogen functional groups attached to an aromatic ring is 1. The fraction of sp³-hybridized carbons (Fsp3) is 0.214. The number of thioether (sulfide) groups is 1. The van der Waals surface area contributed by atoms with Crippen molar-refractivity contribution in [2.75, 3.05) is 17.7 Å². The van der Waals surface area contributed by atoms with Crippen molar-refractivity contribution in [3.8, 4) is 23.3 Å². The number of anilines is 3. The molecule has 2 heterocycles. The minimum Gasteiger partial charge on any atom is -0.394 e. The number of nitrogens with zero attached hydrogens (tertiary/aromatic N) is 4.